The molecule has 1 aromatic carbocycles. The van der Waals surface area contributed by atoms with Crippen molar-refractivity contribution < 1.29 is 21.6 Å². The normalized spacial score (nSPS) is 24.9. The van der Waals surface area contributed by atoms with E-state index in [0.717, 1.165) is 5.56 Å². The Labute approximate surface area is 129 Å². The Hall–Kier alpha value is -0.830. The summed E-state index contributed by atoms with van der Waals surface area (Å²) < 4.78 is 55.3. The summed E-state index contributed by atoms with van der Waals surface area (Å²) in [5.41, 5.74) is 0.748. The van der Waals surface area contributed by atoms with Gasteiger partial charge >= 0.3 is 0 Å². The third-order valence-corrected chi connectivity index (χ3v) is 7.08. The predicted octanol–water partition coefficient (Wildman–Crippen LogP) is 0.686. The van der Waals surface area contributed by atoms with Gasteiger partial charge in [0.25, 0.3) is 0 Å². The van der Waals surface area contributed by atoms with Gasteiger partial charge in [-0.1, -0.05) is 6.07 Å². The van der Waals surface area contributed by atoms with Crippen molar-refractivity contribution in [3.05, 3.63) is 23.8 Å². The van der Waals surface area contributed by atoms with Crippen molar-refractivity contribution in [2.45, 2.75) is 23.2 Å². The SMILES string of the molecule is COc1ccc(C)cc1S(=O)(=O)N[C@H]1CS(=O)(=O)C[C@@H]1Cl. The molecule has 2 rings (SSSR count). The van der Waals surface area contributed by atoms with E-state index >= 15 is 0 Å². The van der Waals surface area contributed by atoms with Gasteiger partial charge in [0.15, 0.2) is 9.84 Å². The number of alkyl halides is 1. The number of sulfonamides is 1. The fraction of sp³-hybridized carbons (Fsp3) is 0.500. The zero-order valence-corrected chi connectivity index (χ0v) is 13.9. The molecule has 0 bridgehead atoms. The lowest BCUT2D eigenvalue weighted by atomic mass is 10.2. The molecule has 0 aromatic heterocycles. The number of ether oxygens (including phenoxy) is 1. The number of hydrogen-bond donors (Lipinski definition) is 1. The molecule has 0 amide bonds. The second-order valence-corrected chi connectivity index (χ2v) is 9.37. The second kappa shape index (κ2) is 5.75. The van der Waals surface area contributed by atoms with Crippen molar-refractivity contribution in [3.63, 3.8) is 0 Å². The van der Waals surface area contributed by atoms with Gasteiger partial charge in [0.1, 0.15) is 10.6 Å². The van der Waals surface area contributed by atoms with E-state index in [9.17, 15) is 16.8 Å². The molecule has 0 radical (unpaired) electrons. The molecule has 0 spiro atoms. The fourth-order valence-electron chi connectivity index (χ4n) is 2.17. The maximum absolute atomic E-state index is 12.4. The molecule has 1 N–H and O–H groups in total. The molecule has 1 saturated heterocycles. The van der Waals surface area contributed by atoms with Crippen LogP contribution in [0.15, 0.2) is 23.1 Å². The minimum atomic E-state index is -3.92. The largest absolute Gasteiger partial charge is 0.495 e. The van der Waals surface area contributed by atoms with Gasteiger partial charge < -0.3 is 4.74 Å². The number of nitrogens with one attached hydrogen (secondary N) is 1. The van der Waals surface area contributed by atoms with Gasteiger partial charge in [-0.25, -0.2) is 21.6 Å². The number of halogens is 1. The molecule has 1 aliphatic rings. The Balaban J connectivity index is 2.34. The Morgan fingerprint density at radius 3 is 2.52 bits per heavy atom. The van der Waals surface area contributed by atoms with E-state index in [1.807, 2.05) is 0 Å². The molecular formula is C12H16ClNO5S2. The molecule has 1 aromatic rings. The second-order valence-electron chi connectivity index (χ2n) is 4.97. The highest BCUT2D eigenvalue weighted by molar-refractivity contribution is 7.92. The van der Waals surface area contributed by atoms with Crippen molar-refractivity contribution in [3.8, 4) is 5.75 Å². The molecule has 0 saturated carbocycles. The van der Waals surface area contributed by atoms with Crippen LogP contribution in [0.3, 0.4) is 0 Å². The van der Waals surface area contributed by atoms with Crippen LogP contribution < -0.4 is 9.46 Å². The number of benzene rings is 1. The summed E-state index contributed by atoms with van der Waals surface area (Å²) in [6.45, 7) is 1.75. The van der Waals surface area contributed by atoms with Gasteiger partial charge in [-0.05, 0) is 24.6 Å². The van der Waals surface area contributed by atoms with Gasteiger partial charge in [0, 0.05) is 0 Å². The molecule has 21 heavy (non-hydrogen) atoms. The van der Waals surface area contributed by atoms with E-state index in [-0.39, 0.29) is 22.2 Å². The van der Waals surface area contributed by atoms with Crippen molar-refractivity contribution in [2.24, 2.45) is 0 Å². The summed E-state index contributed by atoms with van der Waals surface area (Å²) in [6, 6.07) is 3.90. The van der Waals surface area contributed by atoms with Crippen LogP contribution in [0.4, 0.5) is 0 Å². The topological polar surface area (TPSA) is 89.5 Å². The zero-order valence-electron chi connectivity index (χ0n) is 11.5. The highest BCUT2D eigenvalue weighted by atomic mass is 35.5. The first-order valence-corrected chi connectivity index (χ1v) is 9.90. The molecule has 0 unspecified atom stereocenters. The predicted molar refractivity (Wildman–Crippen MR) is 80.1 cm³/mol. The fourth-order valence-corrected chi connectivity index (χ4v) is 6.43. The quantitative estimate of drug-likeness (QED) is 0.804. The molecule has 1 heterocycles. The number of sulfone groups is 1. The first kappa shape index (κ1) is 16.5. The van der Waals surface area contributed by atoms with Crippen LogP contribution >= 0.6 is 11.6 Å². The number of rotatable bonds is 4. The standard InChI is InChI=1S/C12H16ClNO5S2/c1-8-3-4-11(19-2)12(5-8)21(17,18)14-10-7-20(15,16)6-9(10)13/h3-5,9-10,14H,6-7H2,1-2H3/t9-,10-/m0/s1. The minimum absolute atomic E-state index is 0.0295. The van der Waals surface area contributed by atoms with E-state index in [2.05, 4.69) is 4.72 Å². The van der Waals surface area contributed by atoms with E-state index in [1.165, 1.54) is 13.2 Å². The monoisotopic (exact) mass is 353 g/mol. The van der Waals surface area contributed by atoms with Gasteiger partial charge in [0.2, 0.25) is 10.0 Å². The lowest BCUT2D eigenvalue weighted by molar-refractivity contribution is 0.402. The maximum atomic E-state index is 12.4. The summed E-state index contributed by atoms with van der Waals surface area (Å²) in [5, 5.41) is -0.777. The van der Waals surface area contributed by atoms with E-state index in [0.29, 0.717) is 0 Å². The molecule has 2 atom stereocenters. The lowest BCUT2D eigenvalue weighted by Gasteiger charge is -2.16. The van der Waals surface area contributed by atoms with Crippen LogP contribution in [0.5, 0.6) is 5.75 Å². The summed E-state index contributed by atoms with van der Waals surface area (Å²) in [7, 11) is -5.86. The van der Waals surface area contributed by atoms with Gasteiger partial charge in [-0.3, -0.25) is 0 Å². The molecule has 9 heteroatoms. The Morgan fingerprint density at radius 2 is 2.00 bits per heavy atom. The molecule has 118 valence electrons. The summed E-state index contributed by atoms with van der Waals surface area (Å²) in [5.74, 6) is -0.332. The third-order valence-electron chi connectivity index (χ3n) is 3.20. The summed E-state index contributed by atoms with van der Waals surface area (Å²) in [6.07, 6.45) is 0. The van der Waals surface area contributed by atoms with E-state index in [1.54, 1.807) is 19.1 Å². The average molecular weight is 354 g/mol. The van der Waals surface area contributed by atoms with Gasteiger partial charge in [-0.15, -0.1) is 11.6 Å². The number of hydrogen-bond acceptors (Lipinski definition) is 5. The first-order chi connectivity index (χ1) is 9.64. The van der Waals surface area contributed by atoms with E-state index < -0.39 is 31.3 Å². The smallest absolute Gasteiger partial charge is 0.244 e. The first-order valence-electron chi connectivity index (χ1n) is 6.16. The summed E-state index contributed by atoms with van der Waals surface area (Å²) in [4.78, 5) is -0.0295. The third kappa shape index (κ3) is 3.68. The summed E-state index contributed by atoms with van der Waals surface area (Å²) >= 11 is 5.92. The van der Waals surface area contributed by atoms with Crippen molar-refractivity contribution in [1.29, 1.82) is 0 Å². The van der Waals surface area contributed by atoms with Crippen LogP contribution in [0.2, 0.25) is 0 Å². The van der Waals surface area contributed by atoms with Gasteiger partial charge in [-0.2, -0.15) is 0 Å². The van der Waals surface area contributed by atoms with Crippen LogP contribution in [0, 0.1) is 6.92 Å². The molecular weight excluding hydrogens is 338 g/mol. The van der Waals surface area contributed by atoms with Crippen molar-refractivity contribution in [1.82, 2.24) is 4.72 Å². The average Bonchev–Trinajstić information content (AvgIpc) is 2.61. The number of methoxy groups -OCH3 is 1. The van der Waals surface area contributed by atoms with Crippen LogP contribution in [-0.4, -0.2) is 46.9 Å². The van der Waals surface area contributed by atoms with Crippen LogP contribution in [-0.2, 0) is 19.9 Å². The van der Waals surface area contributed by atoms with Gasteiger partial charge in [0.05, 0.1) is 30.0 Å². The molecule has 6 nitrogen and oxygen atoms in total. The van der Waals surface area contributed by atoms with E-state index in [4.69, 9.17) is 16.3 Å². The Kier molecular flexibility index (Phi) is 4.53. The lowest BCUT2D eigenvalue weighted by Crippen LogP contribution is -2.40. The minimum Gasteiger partial charge on any atom is -0.495 e. The highest BCUT2D eigenvalue weighted by Gasteiger charge is 2.39. The van der Waals surface area contributed by atoms with Crippen LogP contribution in [0.25, 0.3) is 0 Å². The van der Waals surface area contributed by atoms with Crippen molar-refractivity contribution in [2.75, 3.05) is 18.6 Å². The van der Waals surface area contributed by atoms with Crippen molar-refractivity contribution >= 4 is 31.5 Å². The molecule has 1 fully saturated rings. The highest BCUT2D eigenvalue weighted by Crippen LogP contribution is 2.26. The maximum Gasteiger partial charge on any atom is 0.244 e. The van der Waals surface area contributed by atoms with Crippen LogP contribution in [0.1, 0.15) is 5.56 Å². The number of aryl methyl sites for hydroxylation is 1. The Bertz CT molecular complexity index is 745. The molecule has 0 aliphatic carbocycles. The molecule has 1 aliphatic heterocycles. The zero-order chi connectivity index (χ0) is 15.8. The Morgan fingerprint density at radius 1 is 1.33 bits per heavy atom.